The van der Waals surface area contributed by atoms with Crippen molar-refractivity contribution in [2.45, 2.75) is 5.41 Å². The van der Waals surface area contributed by atoms with E-state index >= 15 is 0 Å². The summed E-state index contributed by atoms with van der Waals surface area (Å²) in [6.45, 7) is 0. The monoisotopic (exact) mass is 952 g/mol. The molecule has 350 valence electrons. The number of benzene rings is 12. The van der Waals surface area contributed by atoms with E-state index in [0.717, 1.165) is 28.3 Å². The number of anilines is 3. The average molecular weight is 953 g/mol. The number of hydrogen-bond donors (Lipinski definition) is 0. The van der Waals surface area contributed by atoms with Crippen molar-refractivity contribution in [3.8, 4) is 72.4 Å². The second-order valence-electron chi connectivity index (χ2n) is 19.9. The van der Waals surface area contributed by atoms with Crippen LogP contribution in [0.15, 0.2) is 291 Å². The first-order valence-corrected chi connectivity index (χ1v) is 26.0. The van der Waals surface area contributed by atoms with Crippen molar-refractivity contribution in [2.24, 2.45) is 0 Å². The normalized spacial score (nSPS) is 12.6. The molecule has 1 aromatic heterocycles. The molecule has 0 unspecified atom stereocenters. The van der Waals surface area contributed by atoms with Gasteiger partial charge in [0.05, 0.1) is 22.1 Å². The van der Waals surface area contributed by atoms with Crippen LogP contribution in [0.5, 0.6) is 0 Å². The highest BCUT2D eigenvalue weighted by Crippen LogP contribution is 2.63. The minimum Gasteiger partial charge on any atom is -0.310 e. The van der Waals surface area contributed by atoms with Crippen LogP contribution in [0.2, 0.25) is 0 Å². The van der Waals surface area contributed by atoms with Crippen LogP contribution in [-0.2, 0) is 5.41 Å². The summed E-state index contributed by atoms with van der Waals surface area (Å²) in [5, 5.41) is 2.49. The van der Waals surface area contributed by atoms with Gasteiger partial charge in [0.1, 0.15) is 0 Å². The van der Waals surface area contributed by atoms with Gasteiger partial charge in [-0.1, -0.05) is 237 Å². The molecule has 0 N–H and O–H groups in total. The van der Waals surface area contributed by atoms with Crippen LogP contribution < -0.4 is 4.90 Å². The Hall–Kier alpha value is -9.76. The van der Waals surface area contributed by atoms with Crippen LogP contribution in [0.25, 0.3) is 94.3 Å². The Morgan fingerprint density at radius 3 is 1.40 bits per heavy atom. The lowest BCUT2D eigenvalue weighted by Gasteiger charge is -2.32. The van der Waals surface area contributed by atoms with E-state index < -0.39 is 5.41 Å². The molecule has 75 heavy (non-hydrogen) atoms. The van der Waals surface area contributed by atoms with Gasteiger partial charge in [-0.15, -0.1) is 0 Å². The summed E-state index contributed by atoms with van der Waals surface area (Å²) >= 11 is 0. The Morgan fingerprint density at radius 2 is 0.733 bits per heavy atom. The van der Waals surface area contributed by atoms with Gasteiger partial charge in [-0.2, -0.15) is 0 Å². The SMILES string of the molecule is c1ccc(-c2ccccc2-c2c(-c3ccccc3)cccc2N(c2ccc(-c3cccc4c3c3ccccc3n4-c3ccccc3)cc2)c2ccc3c(c2)-c2ccccc2C32c3ccccc3-c3ccccc32)cc1. The lowest BCUT2D eigenvalue weighted by molar-refractivity contribution is 0.794. The van der Waals surface area contributed by atoms with Crippen molar-refractivity contribution in [3.63, 3.8) is 0 Å². The summed E-state index contributed by atoms with van der Waals surface area (Å²) in [5.41, 5.74) is 26.2. The fourth-order valence-electron chi connectivity index (χ4n) is 13.0. The largest absolute Gasteiger partial charge is 0.310 e. The van der Waals surface area contributed by atoms with E-state index in [2.05, 4.69) is 301 Å². The van der Waals surface area contributed by atoms with Crippen molar-refractivity contribution >= 4 is 38.9 Å². The van der Waals surface area contributed by atoms with Gasteiger partial charge in [0.2, 0.25) is 0 Å². The molecule has 15 rings (SSSR count). The van der Waals surface area contributed by atoms with Gasteiger partial charge in [0.25, 0.3) is 0 Å². The number of hydrogen-bond acceptors (Lipinski definition) is 1. The highest BCUT2D eigenvalue weighted by Gasteiger charge is 2.51. The van der Waals surface area contributed by atoms with E-state index in [9.17, 15) is 0 Å². The van der Waals surface area contributed by atoms with Gasteiger partial charge in [0, 0.05) is 33.4 Å². The lowest BCUT2D eigenvalue weighted by atomic mass is 9.70. The van der Waals surface area contributed by atoms with E-state index in [1.54, 1.807) is 0 Å². The van der Waals surface area contributed by atoms with Crippen LogP contribution in [0.1, 0.15) is 22.3 Å². The van der Waals surface area contributed by atoms with Crippen LogP contribution >= 0.6 is 0 Å². The van der Waals surface area contributed by atoms with Gasteiger partial charge in [-0.25, -0.2) is 0 Å². The second-order valence-corrected chi connectivity index (χ2v) is 19.9. The van der Waals surface area contributed by atoms with E-state index in [0.29, 0.717) is 0 Å². The molecule has 0 radical (unpaired) electrons. The quantitative estimate of drug-likeness (QED) is 0.147. The smallest absolute Gasteiger partial charge is 0.0725 e. The summed E-state index contributed by atoms with van der Waals surface area (Å²) in [4.78, 5) is 2.51. The molecule has 0 atom stereocenters. The number of nitrogens with zero attached hydrogens (tertiary/aromatic N) is 2. The fraction of sp³-hybridized carbons (Fsp3) is 0.0137. The van der Waals surface area contributed by atoms with Crippen molar-refractivity contribution in [3.05, 3.63) is 313 Å². The van der Waals surface area contributed by atoms with E-state index in [4.69, 9.17) is 0 Å². The minimum atomic E-state index is -0.443. The molecule has 2 aliphatic rings. The molecule has 1 heterocycles. The highest BCUT2D eigenvalue weighted by atomic mass is 15.1. The molecule has 2 aliphatic carbocycles. The van der Waals surface area contributed by atoms with Crippen LogP contribution in [-0.4, -0.2) is 4.57 Å². The Bertz CT molecular complexity index is 4290. The second kappa shape index (κ2) is 17.2. The predicted molar refractivity (Wildman–Crippen MR) is 314 cm³/mol. The van der Waals surface area contributed by atoms with Crippen molar-refractivity contribution in [2.75, 3.05) is 4.90 Å². The zero-order valence-corrected chi connectivity index (χ0v) is 41.1. The van der Waals surface area contributed by atoms with Crippen LogP contribution in [0.3, 0.4) is 0 Å². The molecule has 2 nitrogen and oxygen atoms in total. The first-order chi connectivity index (χ1) is 37.3. The van der Waals surface area contributed by atoms with Crippen LogP contribution in [0, 0.1) is 0 Å². The molecule has 0 amide bonds. The summed E-state index contributed by atoms with van der Waals surface area (Å²) in [5.74, 6) is 0. The predicted octanol–water partition coefficient (Wildman–Crippen LogP) is 19.3. The molecular weight excluding hydrogens is 905 g/mol. The minimum absolute atomic E-state index is 0.443. The first kappa shape index (κ1) is 42.9. The lowest BCUT2D eigenvalue weighted by Crippen LogP contribution is -2.25. The molecule has 2 heteroatoms. The zero-order chi connectivity index (χ0) is 49.5. The van der Waals surface area contributed by atoms with E-state index in [1.165, 1.54) is 105 Å². The molecule has 0 bridgehead atoms. The van der Waals surface area contributed by atoms with Gasteiger partial charge in [-0.3, -0.25) is 0 Å². The Balaban J connectivity index is 0.981. The zero-order valence-electron chi connectivity index (χ0n) is 41.1. The summed E-state index contributed by atoms with van der Waals surface area (Å²) in [7, 11) is 0. The Kier molecular flexibility index (Phi) is 9.83. The molecular formula is C73H48N2. The third kappa shape index (κ3) is 6.46. The molecule has 0 fully saturated rings. The van der Waals surface area contributed by atoms with E-state index in [-0.39, 0.29) is 0 Å². The number of aromatic nitrogens is 1. The maximum Gasteiger partial charge on any atom is 0.0725 e. The maximum atomic E-state index is 2.51. The standard InChI is InChI=1S/C73H48N2/c1-4-22-49(23-5-1)55-28-10-11-32-61(55)71-56(50-24-6-2-7-25-50)34-20-40-69(71)74(53-44-42-51(43-45-53)57-35-21-41-70-72(57)62-33-15-19-39-68(62)75(70)52-26-8-3-9-27-52)54-46-47-67-63(48-54)60-31-14-18-38-66(60)73(67)64-36-16-12-29-58(64)59-30-13-17-37-65(59)73/h1-48H. The highest BCUT2D eigenvalue weighted by molar-refractivity contribution is 6.16. The Morgan fingerprint density at radius 1 is 0.280 bits per heavy atom. The van der Waals surface area contributed by atoms with E-state index in [1.807, 2.05) is 0 Å². The van der Waals surface area contributed by atoms with Crippen LogP contribution in [0.4, 0.5) is 17.1 Å². The van der Waals surface area contributed by atoms with Crippen molar-refractivity contribution in [1.82, 2.24) is 4.57 Å². The van der Waals surface area contributed by atoms with Crippen molar-refractivity contribution < 1.29 is 0 Å². The fourth-order valence-corrected chi connectivity index (χ4v) is 13.0. The molecule has 0 saturated carbocycles. The summed E-state index contributed by atoms with van der Waals surface area (Å²) in [6, 6.07) is 108. The number of para-hydroxylation sites is 2. The average Bonchev–Trinajstić information content (AvgIpc) is 4.27. The van der Waals surface area contributed by atoms with Gasteiger partial charge in [0.15, 0.2) is 0 Å². The van der Waals surface area contributed by atoms with Gasteiger partial charge >= 0.3 is 0 Å². The third-order valence-electron chi connectivity index (χ3n) is 16.0. The van der Waals surface area contributed by atoms with Crippen molar-refractivity contribution in [1.29, 1.82) is 0 Å². The molecule has 1 spiro atoms. The van der Waals surface area contributed by atoms with Gasteiger partial charge < -0.3 is 9.47 Å². The summed E-state index contributed by atoms with van der Waals surface area (Å²) in [6.07, 6.45) is 0. The third-order valence-corrected chi connectivity index (χ3v) is 16.0. The summed E-state index contributed by atoms with van der Waals surface area (Å²) < 4.78 is 2.40. The number of rotatable bonds is 8. The Labute approximate surface area is 437 Å². The molecule has 13 aromatic rings. The number of fused-ring (bicyclic) bond motifs is 13. The topological polar surface area (TPSA) is 8.17 Å². The van der Waals surface area contributed by atoms with Gasteiger partial charge in [-0.05, 0) is 138 Å². The first-order valence-electron chi connectivity index (χ1n) is 26.0. The molecule has 12 aromatic carbocycles. The molecule has 0 aliphatic heterocycles. The maximum absolute atomic E-state index is 2.51. The molecule has 0 saturated heterocycles.